The van der Waals surface area contributed by atoms with Gasteiger partial charge in [0.25, 0.3) is 0 Å². The quantitative estimate of drug-likeness (QED) is 0.381. The minimum Gasteiger partial charge on any atom is -0.392 e. The molecule has 1 aromatic carbocycles. The molecule has 0 aliphatic heterocycles. The number of aryl methyl sites for hydroxylation is 2. The van der Waals surface area contributed by atoms with E-state index in [9.17, 15) is 5.11 Å². The highest BCUT2D eigenvalue weighted by molar-refractivity contribution is 5.23. The van der Waals surface area contributed by atoms with Crippen LogP contribution in [0, 0.1) is 24.7 Å². The van der Waals surface area contributed by atoms with Gasteiger partial charge in [0.15, 0.2) is 0 Å². The van der Waals surface area contributed by atoms with E-state index >= 15 is 0 Å². The summed E-state index contributed by atoms with van der Waals surface area (Å²) >= 11 is 0. The lowest BCUT2D eigenvalue weighted by Crippen LogP contribution is -2.38. The Balaban J connectivity index is 1.42. The molecule has 0 heterocycles. The predicted octanol–water partition coefficient (Wildman–Crippen LogP) is 6.33. The van der Waals surface area contributed by atoms with E-state index in [0.29, 0.717) is 17.8 Å². The Morgan fingerprint density at radius 1 is 1.17 bits per heavy atom. The van der Waals surface area contributed by atoms with Crippen molar-refractivity contribution in [1.29, 1.82) is 0 Å². The molecule has 30 heavy (non-hydrogen) atoms. The molecule has 166 valence electrons. The molecule has 0 amide bonds. The third-order valence-electron chi connectivity index (χ3n) is 7.38. The Hall–Kier alpha value is -1.38. The Kier molecular flexibility index (Phi) is 7.98. The summed E-state index contributed by atoms with van der Waals surface area (Å²) in [6.07, 6.45) is 15.1. The second kappa shape index (κ2) is 10.3. The standard InChI is InChI=1S/C28H43NO/c1-21-11-10-14-22(17-21)12-6-7-15-25-26-19-23(18-24(26)20-27(25)30)13-8-9-16-29(5)28(2,3)4/h7,10-11,14-15,17-18,24-27,30H,6,8-9,12-13,16,19-20H2,1-5H3/b15-7+/t24-,25+,26-,27+/m0/s1. The first kappa shape index (κ1) is 23.3. The molecule has 0 bridgehead atoms. The average molecular weight is 410 g/mol. The Bertz CT molecular complexity index is 741. The zero-order valence-electron chi connectivity index (χ0n) is 19.9. The number of fused-ring (bicyclic) bond motifs is 1. The molecule has 0 saturated heterocycles. The lowest BCUT2D eigenvalue weighted by atomic mass is 9.88. The van der Waals surface area contributed by atoms with Gasteiger partial charge in [-0.25, -0.2) is 0 Å². The van der Waals surface area contributed by atoms with E-state index in [4.69, 9.17) is 0 Å². The number of aliphatic hydroxyl groups is 1. The zero-order chi connectivity index (χ0) is 21.7. The van der Waals surface area contributed by atoms with Gasteiger partial charge in [0.2, 0.25) is 0 Å². The SMILES string of the molecule is Cc1cccc(CC/C=C/[C@@H]2[C@H]3CC(CCCCN(C)C(C)(C)C)=C[C@H]3C[C@H]2O)c1. The fraction of sp³-hybridized carbons (Fsp3) is 0.643. The summed E-state index contributed by atoms with van der Waals surface area (Å²) in [5, 5.41) is 10.6. The van der Waals surface area contributed by atoms with E-state index in [-0.39, 0.29) is 11.6 Å². The fourth-order valence-corrected chi connectivity index (χ4v) is 5.20. The summed E-state index contributed by atoms with van der Waals surface area (Å²) in [5.41, 5.74) is 4.65. The van der Waals surface area contributed by atoms with Gasteiger partial charge < -0.3 is 10.0 Å². The normalized spacial score (nSPS) is 26.6. The minimum absolute atomic E-state index is 0.159. The van der Waals surface area contributed by atoms with E-state index in [1.807, 2.05) is 0 Å². The number of hydrogen-bond acceptors (Lipinski definition) is 2. The molecule has 1 saturated carbocycles. The maximum absolute atomic E-state index is 10.6. The third kappa shape index (κ3) is 6.31. The maximum atomic E-state index is 10.6. The predicted molar refractivity (Wildman–Crippen MR) is 129 cm³/mol. The third-order valence-corrected chi connectivity index (χ3v) is 7.38. The molecule has 2 nitrogen and oxygen atoms in total. The number of aliphatic hydroxyl groups excluding tert-OH is 1. The second-order valence-electron chi connectivity index (χ2n) is 10.7. The van der Waals surface area contributed by atoms with Crippen molar-refractivity contribution < 1.29 is 5.11 Å². The van der Waals surface area contributed by atoms with Crippen LogP contribution in [0.2, 0.25) is 0 Å². The van der Waals surface area contributed by atoms with Gasteiger partial charge in [0.05, 0.1) is 6.10 Å². The van der Waals surface area contributed by atoms with Crippen LogP contribution in [0.15, 0.2) is 48.1 Å². The van der Waals surface area contributed by atoms with Crippen molar-refractivity contribution in [2.24, 2.45) is 17.8 Å². The van der Waals surface area contributed by atoms with E-state index in [2.05, 4.69) is 82.1 Å². The Morgan fingerprint density at radius 2 is 1.97 bits per heavy atom. The second-order valence-corrected chi connectivity index (χ2v) is 10.7. The molecular weight excluding hydrogens is 366 g/mol. The van der Waals surface area contributed by atoms with Crippen LogP contribution < -0.4 is 0 Å². The van der Waals surface area contributed by atoms with Gasteiger partial charge in [-0.15, -0.1) is 0 Å². The number of rotatable bonds is 9. The van der Waals surface area contributed by atoms with Gasteiger partial charge in [-0.2, -0.15) is 0 Å². The van der Waals surface area contributed by atoms with E-state index in [1.54, 1.807) is 5.57 Å². The summed E-state index contributed by atoms with van der Waals surface area (Å²) < 4.78 is 0. The van der Waals surface area contributed by atoms with Crippen LogP contribution in [0.25, 0.3) is 0 Å². The first-order valence-corrected chi connectivity index (χ1v) is 12.0. The zero-order valence-corrected chi connectivity index (χ0v) is 19.9. The minimum atomic E-state index is -0.159. The van der Waals surface area contributed by atoms with E-state index in [0.717, 1.165) is 19.3 Å². The van der Waals surface area contributed by atoms with Crippen LogP contribution in [-0.4, -0.2) is 35.2 Å². The van der Waals surface area contributed by atoms with Crippen molar-refractivity contribution in [3.8, 4) is 0 Å². The van der Waals surface area contributed by atoms with Crippen molar-refractivity contribution in [3.05, 3.63) is 59.2 Å². The molecule has 2 aliphatic rings. The first-order chi connectivity index (χ1) is 14.2. The molecule has 0 aromatic heterocycles. The van der Waals surface area contributed by atoms with Crippen molar-refractivity contribution in [2.75, 3.05) is 13.6 Å². The number of benzene rings is 1. The van der Waals surface area contributed by atoms with Crippen molar-refractivity contribution in [1.82, 2.24) is 4.90 Å². The van der Waals surface area contributed by atoms with Crippen molar-refractivity contribution in [3.63, 3.8) is 0 Å². The van der Waals surface area contributed by atoms with Gasteiger partial charge in [0.1, 0.15) is 0 Å². The maximum Gasteiger partial charge on any atom is 0.0611 e. The molecule has 2 aliphatic carbocycles. The van der Waals surface area contributed by atoms with Crippen LogP contribution in [0.5, 0.6) is 0 Å². The molecular formula is C28H43NO. The topological polar surface area (TPSA) is 23.5 Å². The summed E-state index contributed by atoms with van der Waals surface area (Å²) in [5.74, 6) is 1.56. The first-order valence-electron chi connectivity index (χ1n) is 12.0. The van der Waals surface area contributed by atoms with Gasteiger partial charge in [-0.3, -0.25) is 0 Å². The van der Waals surface area contributed by atoms with Gasteiger partial charge >= 0.3 is 0 Å². The Labute approximate surface area is 185 Å². The van der Waals surface area contributed by atoms with Crippen molar-refractivity contribution >= 4 is 0 Å². The molecule has 0 radical (unpaired) electrons. The molecule has 2 heteroatoms. The molecule has 1 aromatic rings. The monoisotopic (exact) mass is 409 g/mol. The Morgan fingerprint density at radius 3 is 2.70 bits per heavy atom. The fourth-order valence-electron chi connectivity index (χ4n) is 5.20. The summed E-state index contributed by atoms with van der Waals surface area (Å²) in [6, 6.07) is 8.79. The van der Waals surface area contributed by atoms with Crippen molar-refractivity contribution in [2.45, 2.75) is 84.3 Å². The molecule has 0 spiro atoms. The average Bonchev–Trinajstić information content (AvgIpc) is 3.18. The van der Waals surface area contributed by atoms with Gasteiger partial charge in [-0.05, 0) is 104 Å². The number of hydrogen-bond donors (Lipinski definition) is 1. The lowest BCUT2D eigenvalue weighted by Gasteiger charge is -2.31. The number of unbranched alkanes of at least 4 members (excludes halogenated alkanes) is 1. The molecule has 1 N–H and O–H groups in total. The molecule has 0 unspecified atom stereocenters. The van der Waals surface area contributed by atoms with Gasteiger partial charge in [0, 0.05) is 11.5 Å². The van der Waals surface area contributed by atoms with Crippen LogP contribution in [0.4, 0.5) is 0 Å². The lowest BCUT2D eigenvalue weighted by molar-refractivity contribution is 0.141. The van der Waals surface area contributed by atoms with Crippen LogP contribution in [-0.2, 0) is 6.42 Å². The van der Waals surface area contributed by atoms with Gasteiger partial charge in [-0.1, -0.05) is 53.6 Å². The molecule has 4 atom stereocenters. The number of allylic oxidation sites excluding steroid dienone is 3. The highest BCUT2D eigenvalue weighted by Crippen LogP contribution is 2.48. The number of nitrogens with zero attached hydrogens (tertiary/aromatic N) is 1. The summed E-state index contributed by atoms with van der Waals surface area (Å²) in [7, 11) is 2.23. The smallest absolute Gasteiger partial charge is 0.0611 e. The highest BCUT2D eigenvalue weighted by atomic mass is 16.3. The summed E-state index contributed by atoms with van der Waals surface area (Å²) in [6.45, 7) is 10.2. The van der Waals surface area contributed by atoms with Crippen LogP contribution in [0.1, 0.15) is 70.4 Å². The highest BCUT2D eigenvalue weighted by Gasteiger charge is 2.43. The van der Waals surface area contributed by atoms with Crippen LogP contribution in [0.3, 0.4) is 0 Å². The van der Waals surface area contributed by atoms with E-state index < -0.39 is 0 Å². The van der Waals surface area contributed by atoms with Crippen LogP contribution >= 0.6 is 0 Å². The largest absolute Gasteiger partial charge is 0.392 e. The molecule has 1 fully saturated rings. The summed E-state index contributed by atoms with van der Waals surface area (Å²) in [4.78, 5) is 2.46. The van der Waals surface area contributed by atoms with E-state index in [1.165, 1.54) is 43.4 Å². The molecule has 3 rings (SSSR count).